The molecule has 0 radical (unpaired) electrons. The lowest BCUT2D eigenvalue weighted by Gasteiger charge is -2.27. The lowest BCUT2D eigenvalue weighted by molar-refractivity contribution is -0.164. The molecule has 9 nitrogen and oxygen atoms in total. The highest BCUT2D eigenvalue weighted by atomic mass is 16.6. The molecule has 0 saturated carbocycles. The molecule has 9 heteroatoms. The van der Waals surface area contributed by atoms with E-state index in [1.54, 1.807) is 18.2 Å². The van der Waals surface area contributed by atoms with Gasteiger partial charge in [-0.2, -0.15) is 0 Å². The minimum atomic E-state index is -1.13. The van der Waals surface area contributed by atoms with E-state index in [4.69, 9.17) is 14.2 Å². The minimum absolute atomic E-state index is 0.0285. The standard InChI is InChI=1S/C25H30N2O7/c1-14(2)12-19(27-23(29)17-6-4-5-7-18(17)24(27)30)25(31)34-15(3)22(28)26-16-8-9-20-21(13-16)33-11-10-32-20/h4-5,8-9,13-15,17-19H,6-7,10-12H2,1-3H3,(H,26,28)/t15-,17+,18+,19-/m1/s1. The molecule has 1 fully saturated rings. The van der Waals surface area contributed by atoms with Crippen LogP contribution in [0, 0.1) is 17.8 Å². The third-order valence-corrected chi connectivity index (χ3v) is 6.29. The Morgan fingerprint density at radius 3 is 2.26 bits per heavy atom. The summed E-state index contributed by atoms with van der Waals surface area (Å²) in [6, 6.07) is 3.94. The van der Waals surface area contributed by atoms with Crippen LogP contribution >= 0.6 is 0 Å². The summed E-state index contributed by atoms with van der Waals surface area (Å²) in [5.41, 5.74) is 0.470. The topological polar surface area (TPSA) is 111 Å². The molecule has 0 spiro atoms. The lowest BCUT2D eigenvalue weighted by Crippen LogP contribution is -2.48. The number of nitrogens with one attached hydrogen (secondary N) is 1. The van der Waals surface area contributed by atoms with Gasteiger partial charge in [0, 0.05) is 11.8 Å². The first-order chi connectivity index (χ1) is 16.3. The van der Waals surface area contributed by atoms with E-state index in [1.807, 2.05) is 26.0 Å². The van der Waals surface area contributed by atoms with E-state index in [1.165, 1.54) is 6.92 Å². The van der Waals surface area contributed by atoms with Gasteiger partial charge in [0.1, 0.15) is 19.3 Å². The van der Waals surface area contributed by atoms with E-state index >= 15 is 0 Å². The maximum Gasteiger partial charge on any atom is 0.330 e. The van der Waals surface area contributed by atoms with Crippen molar-refractivity contribution in [2.24, 2.45) is 17.8 Å². The number of fused-ring (bicyclic) bond motifs is 2. The third-order valence-electron chi connectivity index (χ3n) is 6.29. The number of benzene rings is 1. The van der Waals surface area contributed by atoms with Gasteiger partial charge in [-0.25, -0.2) is 4.79 Å². The number of anilines is 1. The number of carbonyl (C=O) groups is 4. The van der Waals surface area contributed by atoms with Gasteiger partial charge in [-0.15, -0.1) is 0 Å². The molecule has 0 bridgehead atoms. The molecule has 1 aromatic rings. The van der Waals surface area contributed by atoms with Crippen LogP contribution in [0.3, 0.4) is 0 Å². The molecule has 1 N–H and O–H groups in total. The number of amides is 3. The van der Waals surface area contributed by atoms with Crippen LogP contribution in [0.2, 0.25) is 0 Å². The predicted molar refractivity (Wildman–Crippen MR) is 122 cm³/mol. The minimum Gasteiger partial charge on any atom is -0.486 e. The zero-order valence-corrected chi connectivity index (χ0v) is 19.6. The summed E-state index contributed by atoms with van der Waals surface area (Å²) in [5, 5.41) is 2.70. The van der Waals surface area contributed by atoms with Gasteiger partial charge in [0.05, 0.1) is 11.8 Å². The SMILES string of the molecule is CC(C)C[C@H](C(=O)O[C@H](C)C(=O)Nc1ccc2c(c1)OCCO2)N1C(=O)[C@H]2CC=CC[C@@H]2C1=O. The zero-order valence-electron chi connectivity index (χ0n) is 19.6. The van der Waals surface area contributed by atoms with Gasteiger partial charge in [-0.1, -0.05) is 26.0 Å². The van der Waals surface area contributed by atoms with Crippen LogP contribution < -0.4 is 14.8 Å². The molecule has 2 heterocycles. The third kappa shape index (κ3) is 4.78. The van der Waals surface area contributed by atoms with E-state index in [0.717, 1.165) is 4.90 Å². The Hall–Kier alpha value is -3.36. The fraction of sp³-hybridized carbons (Fsp3) is 0.520. The summed E-state index contributed by atoms with van der Waals surface area (Å²) in [5.74, 6) is -1.70. The maximum atomic E-state index is 13.1. The smallest absolute Gasteiger partial charge is 0.330 e. The normalized spacial score (nSPS) is 22.9. The van der Waals surface area contributed by atoms with Crippen molar-refractivity contribution in [3.8, 4) is 11.5 Å². The van der Waals surface area contributed by atoms with Crippen molar-refractivity contribution in [3.63, 3.8) is 0 Å². The van der Waals surface area contributed by atoms with Crippen LogP contribution in [0.15, 0.2) is 30.4 Å². The second kappa shape index (κ2) is 9.87. The Bertz CT molecular complexity index is 993. The molecule has 0 aromatic heterocycles. The molecular formula is C25H30N2O7. The van der Waals surface area contributed by atoms with Crippen molar-refractivity contribution < 1.29 is 33.4 Å². The van der Waals surface area contributed by atoms with Crippen molar-refractivity contribution in [2.75, 3.05) is 18.5 Å². The van der Waals surface area contributed by atoms with Gasteiger partial charge in [0.25, 0.3) is 5.91 Å². The molecule has 182 valence electrons. The first-order valence-corrected chi connectivity index (χ1v) is 11.7. The Morgan fingerprint density at radius 1 is 1.03 bits per heavy atom. The number of imide groups is 1. The van der Waals surface area contributed by atoms with E-state index in [2.05, 4.69) is 5.32 Å². The Balaban J connectivity index is 1.43. The highest BCUT2D eigenvalue weighted by Gasteiger charge is 2.51. The molecule has 0 unspecified atom stereocenters. The summed E-state index contributed by atoms with van der Waals surface area (Å²) in [6.07, 6.45) is 3.91. The molecule has 4 rings (SSSR count). The largest absolute Gasteiger partial charge is 0.486 e. The number of rotatable bonds is 7. The molecule has 2 aliphatic heterocycles. The van der Waals surface area contributed by atoms with Gasteiger partial charge in [-0.3, -0.25) is 19.3 Å². The number of hydrogen-bond donors (Lipinski definition) is 1. The molecule has 4 atom stereocenters. The van der Waals surface area contributed by atoms with Gasteiger partial charge >= 0.3 is 5.97 Å². The number of likely N-dealkylation sites (tertiary alicyclic amines) is 1. The fourth-order valence-electron chi connectivity index (χ4n) is 4.56. The van der Waals surface area contributed by atoms with E-state index in [0.29, 0.717) is 43.2 Å². The number of hydrogen-bond acceptors (Lipinski definition) is 7. The summed E-state index contributed by atoms with van der Waals surface area (Å²) >= 11 is 0. The van der Waals surface area contributed by atoms with Crippen LogP contribution in [-0.2, 0) is 23.9 Å². The van der Waals surface area contributed by atoms with Gasteiger partial charge in [0.15, 0.2) is 17.6 Å². The number of esters is 1. The highest BCUT2D eigenvalue weighted by molar-refractivity contribution is 6.08. The van der Waals surface area contributed by atoms with Gasteiger partial charge in [0.2, 0.25) is 11.8 Å². The highest BCUT2D eigenvalue weighted by Crippen LogP contribution is 2.37. The molecule has 1 aromatic carbocycles. The lowest BCUT2D eigenvalue weighted by atomic mass is 9.85. The molecule has 3 aliphatic rings. The number of allylic oxidation sites excluding steroid dienone is 2. The predicted octanol–water partition coefficient (Wildman–Crippen LogP) is 2.69. The summed E-state index contributed by atoms with van der Waals surface area (Å²) in [4.78, 5) is 52.9. The second-order valence-corrected chi connectivity index (χ2v) is 9.27. The number of carbonyl (C=O) groups excluding carboxylic acids is 4. The average Bonchev–Trinajstić information content (AvgIpc) is 3.07. The first-order valence-electron chi connectivity index (χ1n) is 11.7. The summed E-state index contributed by atoms with van der Waals surface area (Å²) in [7, 11) is 0. The zero-order chi connectivity index (χ0) is 24.4. The monoisotopic (exact) mass is 470 g/mol. The number of ether oxygens (including phenoxy) is 3. The second-order valence-electron chi connectivity index (χ2n) is 9.27. The molecular weight excluding hydrogens is 440 g/mol. The Kier molecular flexibility index (Phi) is 6.90. The van der Waals surface area contributed by atoms with Crippen LogP contribution in [0.1, 0.15) is 40.0 Å². The molecule has 1 saturated heterocycles. The van der Waals surface area contributed by atoms with Crippen LogP contribution in [-0.4, -0.2) is 54.0 Å². The van der Waals surface area contributed by atoms with Crippen molar-refractivity contribution in [2.45, 2.75) is 52.2 Å². The first kappa shape index (κ1) is 23.8. The van der Waals surface area contributed by atoms with Crippen molar-refractivity contribution in [3.05, 3.63) is 30.4 Å². The quantitative estimate of drug-likeness (QED) is 0.370. The molecule has 34 heavy (non-hydrogen) atoms. The van der Waals surface area contributed by atoms with Gasteiger partial charge < -0.3 is 19.5 Å². The van der Waals surface area contributed by atoms with E-state index in [-0.39, 0.29) is 24.2 Å². The van der Waals surface area contributed by atoms with Gasteiger partial charge in [-0.05, 0) is 44.2 Å². The summed E-state index contributed by atoms with van der Waals surface area (Å²) < 4.78 is 16.4. The van der Waals surface area contributed by atoms with Crippen LogP contribution in [0.25, 0.3) is 0 Å². The van der Waals surface area contributed by atoms with E-state index < -0.39 is 35.9 Å². The van der Waals surface area contributed by atoms with Crippen molar-refractivity contribution >= 4 is 29.4 Å². The van der Waals surface area contributed by atoms with Crippen LogP contribution in [0.4, 0.5) is 5.69 Å². The Morgan fingerprint density at radius 2 is 1.65 bits per heavy atom. The van der Waals surface area contributed by atoms with Crippen molar-refractivity contribution in [1.29, 1.82) is 0 Å². The van der Waals surface area contributed by atoms with Crippen molar-refractivity contribution in [1.82, 2.24) is 4.90 Å². The molecule has 3 amide bonds. The number of nitrogens with zero attached hydrogens (tertiary/aromatic N) is 1. The average molecular weight is 471 g/mol. The fourth-order valence-corrected chi connectivity index (χ4v) is 4.56. The van der Waals surface area contributed by atoms with E-state index in [9.17, 15) is 19.2 Å². The maximum absolute atomic E-state index is 13.1. The summed E-state index contributed by atoms with van der Waals surface area (Å²) in [6.45, 7) is 6.13. The molecule has 1 aliphatic carbocycles. The van der Waals surface area contributed by atoms with Crippen LogP contribution in [0.5, 0.6) is 11.5 Å². The Labute approximate surface area is 198 Å².